The second kappa shape index (κ2) is 8.51. The van der Waals surface area contributed by atoms with E-state index in [1.807, 2.05) is 20.8 Å². The SMILES string of the molecule is Cc1cc(C)c(NC(=O)C2CCCN(S(=O)(=O)N3CCC(C)CC3)C2)c(C)c1. The molecule has 1 aromatic carbocycles. The van der Waals surface area contributed by atoms with Crippen LogP contribution in [0, 0.1) is 32.6 Å². The molecule has 0 radical (unpaired) electrons. The van der Waals surface area contributed by atoms with Crippen molar-refractivity contribution in [2.75, 3.05) is 31.5 Å². The van der Waals surface area contributed by atoms with Crippen molar-refractivity contribution in [1.82, 2.24) is 8.61 Å². The Morgan fingerprint density at radius 3 is 2.21 bits per heavy atom. The van der Waals surface area contributed by atoms with Crippen LogP contribution in [0.4, 0.5) is 5.69 Å². The molecular weight excluding hydrogens is 374 g/mol. The van der Waals surface area contributed by atoms with Gasteiger partial charge in [-0.05, 0) is 63.5 Å². The molecule has 0 saturated carbocycles. The minimum atomic E-state index is -3.48. The first-order valence-corrected chi connectivity index (χ1v) is 11.7. The van der Waals surface area contributed by atoms with Gasteiger partial charge in [-0.25, -0.2) is 0 Å². The van der Waals surface area contributed by atoms with Crippen LogP contribution in [0.2, 0.25) is 0 Å². The molecule has 6 nitrogen and oxygen atoms in total. The number of nitrogens with zero attached hydrogens (tertiary/aromatic N) is 2. The van der Waals surface area contributed by atoms with Crippen LogP contribution in [-0.4, -0.2) is 49.1 Å². The molecule has 1 atom stereocenters. The van der Waals surface area contributed by atoms with Crippen LogP contribution in [-0.2, 0) is 15.0 Å². The van der Waals surface area contributed by atoms with E-state index in [1.165, 1.54) is 9.87 Å². The molecule has 1 unspecified atom stereocenters. The van der Waals surface area contributed by atoms with Gasteiger partial charge in [0.1, 0.15) is 0 Å². The highest BCUT2D eigenvalue weighted by molar-refractivity contribution is 7.86. The van der Waals surface area contributed by atoms with Crippen LogP contribution in [0.3, 0.4) is 0 Å². The Kier molecular flexibility index (Phi) is 6.47. The lowest BCUT2D eigenvalue weighted by molar-refractivity contribution is -0.120. The van der Waals surface area contributed by atoms with Crippen LogP contribution in [0.25, 0.3) is 0 Å². The van der Waals surface area contributed by atoms with Gasteiger partial charge in [-0.3, -0.25) is 4.79 Å². The first-order valence-electron chi connectivity index (χ1n) is 10.3. The van der Waals surface area contributed by atoms with Gasteiger partial charge in [0.15, 0.2) is 0 Å². The second-order valence-electron chi connectivity index (χ2n) is 8.55. The molecule has 1 amide bonds. The number of hydrogen-bond acceptors (Lipinski definition) is 3. The number of carbonyl (C=O) groups is 1. The number of hydrogen-bond donors (Lipinski definition) is 1. The summed E-state index contributed by atoms with van der Waals surface area (Å²) in [6, 6.07) is 4.11. The van der Waals surface area contributed by atoms with E-state index in [4.69, 9.17) is 0 Å². The highest BCUT2D eigenvalue weighted by Crippen LogP contribution is 2.27. The summed E-state index contributed by atoms with van der Waals surface area (Å²) in [5.74, 6) is 0.182. The molecular formula is C21H33N3O3S. The highest BCUT2D eigenvalue weighted by Gasteiger charge is 2.37. The molecule has 2 fully saturated rings. The van der Waals surface area contributed by atoms with Crippen molar-refractivity contribution in [3.05, 3.63) is 28.8 Å². The molecule has 1 aromatic rings. The van der Waals surface area contributed by atoms with Crippen LogP contribution in [0.1, 0.15) is 49.3 Å². The number of amides is 1. The molecule has 2 heterocycles. The van der Waals surface area contributed by atoms with E-state index in [-0.39, 0.29) is 18.4 Å². The molecule has 28 heavy (non-hydrogen) atoms. The Hall–Kier alpha value is -1.44. The predicted octanol–water partition coefficient (Wildman–Crippen LogP) is 3.24. The first-order chi connectivity index (χ1) is 13.2. The zero-order chi connectivity index (χ0) is 20.5. The second-order valence-corrected chi connectivity index (χ2v) is 10.5. The van der Waals surface area contributed by atoms with E-state index < -0.39 is 10.2 Å². The predicted molar refractivity (Wildman–Crippen MR) is 112 cm³/mol. The summed E-state index contributed by atoms with van der Waals surface area (Å²) in [4.78, 5) is 12.9. The molecule has 3 rings (SSSR count). The lowest BCUT2D eigenvalue weighted by atomic mass is 9.98. The van der Waals surface area contributed by atoms with Gasteiger partial charge in [0.25, 0.3) is 10.2 Å². The molecule has 1 N–H and O–H groups in total. The summed E-state index contributed by atoms with van der Waals surface area (Å²) in [6.45, 7) is 10.1. The minimum absolute atomic E-state index is 0.0813. The van der Waals surface area contributed by atoms with Gasteiger partial charge in [-0.1, -0.05) is 24.6 Å². The zero-order valence-corrected chi connectivity index (χ0v) is 18.3. The van der Waals surface area contributed by atoms with Gasteiger partial charge < -0.3 is 5.32 Å². The number of rotatable bonds is 4. The van der Waals surface area contributed by atoms with E-state index in [1.54, 1.807) is 4.31 Å². The molecule has 0 bridgehead atoms. The monoisotopic (exact) mass is 407 g/mol. The third-order valence-corrected chi connectivity index (χ3v) is 8.08. The van der Waals surface area contributed by atoms with Crippen LogP contribution < -0.4 is 5.32 Å². The normalized spacial score (nSPS) is 22.9. The summed E-state index contributed by atoms with van der Waals surface area (Å²) in [5, 5.41) is 3.06. The molecule has 7 heteroatoms. The summed E-state index contributed by atoms with van der Waals surface area (Å²) in [6.07, 6.45) is 3.25. The van der Waals surface area contributed by atoms with Crippen molar-refractivity contribution in [1.29, 1.82) is 0 Å². The maximum absolute atomic E-state index is 13.0. The molecule has 2 aliphatic heterocycles. The number of benzene rings is 1. The van der Waals surface area contributed by atoms with E-state index in [2.05, 4.69) is 24.4 Å². The largest absolute Gasteiger partial charge is 0.325 e. The first kappa shape index (κ1) is 21.3. The van der Waals surface area contributed by atoms with Gasteiger partial charge in [-0.15, -0.1) is 0 Å². The Morgan fingerprint density at radius 1 is 1.00 bits per heavy atom. The molecule has 2 saturated heterocycles. The van der Waals surface area contributed by atoms with E-state index in [9.17, 15) is 13.2 Å². The van der Waals surface area contributed by atoms with Crippen molar-refractivity contribution in [2.24, 2.45) is 11.8 Å². The molecule has 0 aromatic heterocycles. The maximum atomic E-state index is 13.0. The fraction of sp³-hybridized carbons (Fsp3) is 0.667. The Bertz CT molecular complexity index is 806. The number of piperidine rings is 2. The average Bonchev–Trinajstić information content (AvgIpc) is 2.65. The summed E-state index contributed by atoms with van der Waals surface area (Å²) in [7, 11) is -3.48. The summed E-state index contributed by atoms with van der Waals surface area (Å²) in [5.41, 5.74) is 4.08. The van der Waals surface area contributed by atoms with Gasteiger partial charge in [0, 0.05) is 31.9 Å². The van der Waals surface area contributed by atoms with E-state index >= 15 is 0 Å². The molecule has 0 spiro atoms. The van der Waals surface area contributed by atoms with Gasteiger partial charge in [0.05, 0.1) is 5.92 Å². The number of nitrogens with one attached hydrogen (secondary N) is 1. The molecule has 2 aliphatic rings. The molecule has 156 valence electrons. The maximum Gasteiger partial charge on any atom is 0.281 e. The van der Waals surface area contributed by atoms with Crippen LogP contribution in [0.15, 0.2) is 12.1 Å². The van der Waals surface area contributed by atoms with Crippen molar-refractivity contribution < 1.29 is 13.2 Å². The fourth-order valence-electron chi connectivity index (χ4n) is 4.35. The van der Waals surface area contributed by atoms with Crippen molar-refractivity contribution in [3.8, 4) is 0 Å². The van der Waals surface area contributed by atoms with Gasteiger partial charge in [0.2, 0.25) is 5.91 Å². The fourth-order valence-corrected chi connectivity index (χ4v) is 6.07. The number of carbonyl (C=O) groups excluding carboxylic acids is 1. The lowest BCUT2D eigenvalue weighted by Gasteiger charge is -2.37. The van der Waals surface area contributed by atoms with Gasteiger partial charge in [-0.2, -0.15) is 17.0 Å². The van der Waals surface area contributed by atoms with Crippen molar-refractivity contribution in [3.63, 3.8) is 0 Å². The average molecular weight is 408 g/mol. The van der Waals surface area contributed by atoms with Crippen molar-refractivity contribution >= 4 is 21.8 Å². The van der Waals surface area contributed by atoms with E-state index in [0.717, 1.165) is 36.1 Å². The third kappa shape index (κ3) is 4.58. The summed E-state index contributed by atoms with van der Waals surface area (Å²) >= 11 is 0. The zero-order valence-electron chi connectivity index (χ0n) is 17.5. The smallest absolute Gasteiger partial charge is 0.281 e. The Labute approximate surface area is 169 Å². The standard InChI is InChI=1S/C21H33N3O3S/c1-15-7-10-23(11-8-15)28(26,27)24-9-5-6-19(14-24)21(25)22-20-17(3)12-16(2)13-18(20)4/h12-13,15,19H,5-11,14H2,1-4H3,(H,22,25). The molecule has 0 aliphatic carbocycles. The van der Waals surface area contributed by atoms with E-state index in [0.29, 0.717) is 32.0 Å². The number of aryl methyl sites for hydroxylation is 3. The van der Waals surface area contributed by atoms with Crippen LogP contribution in [0.5, 0.6) is 0 Å². The number of anilines is 1. The lowest BCUT2D eigenvalue weighted by Crippen LogP contribution is -2.51. The minimum Gasteiger partial charge on any atom is -0.325 e. The third-order valence-electron chi connectivity index (χ3n) is 6.08. The van der Waals surface area contributed by atoms with Gasteiger partial charge >= 0.3 is 0 Å². The van der Waals surface area contributed by atoms with Crippen molar-refractivity contribution in [2.45, 2.75) is 53.4 Å². The quantitative estimate of drug-likeness (QED) is 0.833. The Morgan fingerprint density at radius 2 is 1.61 bits per heavy atom. The Balaban J connectivity index is 1.68. The summed E-state index contributed by atoms with van der Waals surface area (Å²) < 4.78 is 29.2. The highest BCUT2D eigenvalue weighted by atomic mass is 32.2. The topological polar surface area (TPSA) is 69.7 Å². The van der Waals surface area contributed by atoms with Crippen LogP contribution >= 0.6 is 0 Å².